The Morgan fingerprint density at radius 1 is 1.06 bits per heavy atom. The number of nitrogens with one attached hydrogen (secondary N) is 1. The maximum atomic E-state index is 13.4. The van der Waals surface area contributed by atoms with Crippen LogP contribution in [-0.2, 0) is 11.2 Å². The van der Waals surface area contributed by atoms with E-state index in [1.165, 1.54) is 0 Å². The number of benzene rings is 2. The van der Waals surface area contributed by atoms with E-state index in [0.717, 1.165) is 16.0 Å². The zero-order valence-electron chi connectivity index (χ0n) is 18.3. The summed E-state index contributed by atoms with van der Waals surface area (Å²) in [6.07, 6.45) is 0.652. The Labute approximate surface area is 191 Å². The van der Waals surface area contributed by atoms with Gasteiger partial charge in [0.25, 0.3) is 5.91 Å². The van der Waals surface area contributed by atoms with Crippen molar-refractivity contribution >= 4 is 23.2 Å². The van der Waals surface area contributed by atoms with Gasteiger partial charge < -0.3 is 19.7 Å². The Kier molecular flexibility index (Phi) is 6.46. The molecule has 1 aliphatic rings. The number of nitrogens with zero attached hydrogens (tertiary/aromatic N) is 1. The molecule has 7 heteroatoms. The number of hydrogen-bond acceptors (Lipinski definition) is 5. The smallest absolute Gasteiger partial charge is 0.254 e. The fraction of sp³-hybridized carbons (Fsp3) is 0.280. The van der Waals surface area contributed by atoms with E-state index in [-0.39, 0.29) is 17.9 Å². The number of likely N-dealkylation sites (N-methyl/N-ethyl adjacent to an activating group) is 1. The van der Waals surface area contributed by atoms with E-state index in [2.05, 4.69) is 5.32 Å². The molecular weight excluding hydrogens is 424 g/mol. The van der Waals surface area contributed by atoms with Crippen LogP contribution in [0, 0.1) is 0 Å². The van der Waals surface area contributed by atoms with Gasteiger partial charge in [-0.05, 0) is 47.2 Å². The van der Waals surface area contributed by atoms with Gasteiger partial charge in [-0.2, -0.15) is 0 Å². The number of carbonyl (C=O) groups excluding carboxylic acids is 2. The minimum absolute atomic E-state index is 0.0617. The minimum atomic E-state index is -0.474. The van der Waals surface area contributed by atoms with Gasteiger partial charge in [-0.25, -0.2) is 0 Å². The molecule has 166 valence electrons. The number of hydrogen-bond donors (Lipinski definition) is 1. The Morgan fingerprint density at radius 2 is 1.84 bits per heavy atom. The predicted molar refractivity (Wildman–Crippen MR) is 125 cm³/mol. The summed E-state index contributed by atoms with van der Waals surface area (Å²) in [6, 6.07) is 16.7. The Hall–Kier alpha value is -3.32. The summed E-state index contributed by atoms with van der Waals surface area (Å²) in [5, 5.41) is 5.06. The Morgan fingerprint density at radius 3 is 2.56 bits per heavy atom. The van der Waals surface area contributed by atoms with Gasteiger partial charge in [0.05, 0.1) is 26.2 Å². The van der Waals surface area contributed by atoms with Crippen molar-refractivity contribution in [2.24, 2.45) is 0 Å². The third-order valence-corrected chi connectivity index (χ3v) is 6.80. The van der Waals surface area contributed by atoms with Crippen molar-refractivity contribution in [2.45, 2.75) is 18.4 Å². The molecule has 0 bridgehead atoms. The number of amides is 2. The molecule has 32 heavy (non-hydrogen) atoms. The molecule has 0 saturated carbocycles. The van der Waals surface area contributed by atoms with Crippen LogP contribution in [0.15, 0.2) is 60.0 Å². The van der Waals surface area contributed by atoms with Crippen LogP contribution >= 0.6 is 11.3 Å². The maximum Gasteiger partial charge on any atom is 0.254 e. The SMILES string of the molecule is COc1ccc(CCNC(=O)[C@H]2c3ccccc3C(=O)N(C)[C@H]2c2cccs2)cc1OC. The van der Waals surface area contributed by atoms with Crippen LogP contribution in [0.2, 0.25) is 0 Å². The summed E-state index contributed by atoms with van der Waals surface area (Å²) in [5.74, 6) is 0.711. The zero-order valence-corrected chi connectivity index (χ0v) is 19.1. The Bertz CT molecular complexity index is 1110. The average Bonchev–Trinajstić information content (AvgIpc) is 3.35. The van der Waals surface area contributed by atoms with Crippen LogP contribution in [0.5, 0.6) is 11.5 Å². The van der Waals surface area contributed by atoms with E-state index in [4.69, 9.17) is 9.47 Å². The highest BCUT2D eigenvalue weighted by Gasteiger charge is 2.42. The summed E-state index contributed by atoms with van der Waals surface area (Å²) >= 11 is 1.56. The number of rotatable bonds is 7. The molecular formula is C25H26N2O4S. The number of carbonyl (C=O) groups is 2. The van der Waals surface area contributed by atoms with Crippen LogP contribution < -0.4 is 14.8 Å². The lowest BCUT2D eigenvalue weighted by atomic mass is 9.81. The second-order valence-corrected chi connectivity index (χ2v) is 8.65. The molecule has 0 fully saturated rings. The van der Waals surface area contributed by atoms with Crippen LogP contribution in [-0.4, -0.2) is 44.5 Å². The van der Waals surface area contributed by atoms with Crippen molar-refractivity contribution in [3.05, 3.63) is 81.5 Å². The van der Waals surface area contributed by atoms with Crippen LogP contribution in [0.3, 0.4) is 0 Å². The first kappa shape index (κ1) is 21.9. The summed E-state index contributed by atoms with van der Waals surface area (Å²) in [5.41, 5.74) is 2.40. The summed E-state index contributed by atoms with van der Waals surface area (Å²) in [7, 11) is 4.98. The van der Waals surface area contributed by atoms with Crippen LogP contribution in [0.4, 0.5) is 0 Å². The highest BCUT2D eigenvalue weighted by Crippen LogP contribution is 2.43. The average molecular weight is 451 g/mol. The molecule has 0 aliphatic carbocycles. The molecule has 2 amide bonds. The number of ether oxygens (including phenoxy) is 2. The highest BCUT2D eigenvalue weighted by molar-refractivity contribution is 7.10. The van der Waals surface area contributed by atoms with Gasteiger partial charge in [-0.15, -0.1) is 11.3 Å². The molecule has 3 aromatic rings. The van der Waals surface area contributed by atoms with Gasteiger partial charge in [-0.1, -0.05) is 30.3 Å². The number of thiophene rings is 1. The molecule has 1 aliphatic heterocycles. The molecule has 4 rings (SSSR count). The first-order valence-electron chi connectivity index (χ1n) is 10.4. The number of fused-ring (bicyclic) bond motifs is 1. The van der Waals surface area contributed by atoms with Crippen molar-refractivity contribution in [1.82, 2.24) is 10.2 Å². The molecule has 1 aromatic heterocycles. The zero-order chi connectivity index (χ0) is 22.7. The minimum Gasteiger partial charge on any atom is -0.493 e. The highest BCUT2D eigenvalue weighted by atomic mass is 32.1. The second-order valence-electron chi connectivity index (χ2n) is 7.67. The normalized spacial score (nSPS) is 17.6. The summed E-state index contributed by atoms with van der Waals surface area (Å²) in [6.45, 7) is 0.474. The monoisotopic (exact) mass is 450 g/mol. The van der Waals surface area contributed by atoms with E-state index >= 15 is 0 Å². The van der Waals surface area contributed by atoms with Gasteiger partial charge in [0.15, 0.2) is 11.5 Å². The molecule has 6 nitrogen and oxygen atoms in total. The first-order chi connectivity index (χ1) is 15.5. The van der Waals surface area contributed by atoms with Gasteiger partial charge in [0.1, 0.15) is 0 Å². The number of methoxy groups -OCH3 is 2. The molecule has 0 radical (unpaired) electrons. The van der Waals surface area contributed by atoms with Crippen LogP contribution in [0.25, 0.3) is 0 Å². The van der Waals surface area contributed by atoms with Gasteiger partial charge >= 0.3 is 0 Å². The molecule has 0 saturated heterocycles. The lowest BCUT2D eigenvalue weighted by molar-refractivity contribution is -0.124. The van der Waals surface area contributed by atoms with Gasteiger partial charge in [-0.3, -0.25) is 9.59 Å². The maximum absolute atomic E-state index is 13.4. The van der Waals surface area contributed by atoms with E-state index in [1.807, 2.05) is 53.9 Å². The largest absolute Gasteiger partial charge is 0.493 e. The summed E-state index contributed by atoms with van der Waals surface area (Å²) < 4.78 is 10.7. The van der Waals surface area contributed by atoms with Crippen LogP contribution in [0.1, 0.15) is 38.3 Å². The van der Waals surface area contributed by atoms with E-state index in [0.29, 0.717) is 30.0 Å². The summed E-state index contributed by atoms with van der Waals surface area (Å²) in [4.78, 5) is 29.1. The topological polar surface area (TPSA) is 67.9 Å². The quantitative estimate of drug-likeness (QED) is 0.590. The fourth-order valence-electron chi connectivity index (χ4n) is 4.25. The van der Waals surface area contributed by atoms with Crippen molar-refractivity contribution in [3.8, 4) is 11.5 Å². The molecule has 1 N–H and O–H groups in total. The fourth-order valence-corrected chi connectivity index (χ4v) is 5.15. The van der Waals surface area contributed by atoms with Crippen molar-refractivity contribution in [3.63, 3.8) is 0 Å². The molecule has 2 aromatic carbocycles. The van der Waals surface area contributed by atoms with Gasteiger partial charge in [0.2, 0.25) is 5.91 Å². The third-order valence-electron chi connectivity index (χ3n) is 5.86. The molecule has 0 unspecified atom stereocenters. The van der Waals surface area contributed by atoms with Crippen molar-refractivity contribution < 1.29 is 19.1 Å². The lowest BCUT2D eigenvalue weighted by Gasteiger charge is -2.39. The third kappa shape index (κ3) is 4.08. The molecule has 2 heterocycles. The second kappa shape index (κ2) is 9.44. The Balaban J connectivity index is 1.55. The van der Waals surface area contributed by atoms with E-state index < -0.39 is 5.92 Å². The van der Waals surface area contributed by atoms with E-state index in [1.54, 1.807) is 43.6 Å². The van der Waals surface area contributed by atoms with Gasteiger partial charge in [0, 0.05) is 24.0 Å². The predicted octanol–water partition coefficient (Wildman–Crippen LogP) is 4.03. The molecule has 0 spiro atoms. The van der Waals surface area contributed by atoms with Crippen molar-refractivity contribution in [1.29, 1.82) is 0 Å². The lowest BCUT2D eigenvalue weighted by Crippen LogP contribution is -2.45. The standard InChI is InChI=1S/C25H26N2O4S/c1-27-23(21-9-6-14-32-21)22(17-7-4-5-8-18(17)25(27)29)24(28)26-13-12-16-10-11-19(30-2)20(15-16)31-3/h4-11,14-15,22-23H,12-13H2,1-3H3,(H,26,28)/t22-,23-/m0/s1. The van der Waals surface area contributed by atoms with E-state index in [9.17, 15) is 9.59 Å². The molecule has 2 atom stereocenters. The first-order valence-corrected chi connectivity index (χ1v) is 11.3. The van der Waals surface area contributed by atoms with Crippen molar-refractivity contribution in [2.75, 3.05) is 27.8 Å².